The Bertz CT molecular complexity index is 870. The van der Waals surface area contributed by atoms with Crippen molar-refractivity contribution >= 4 is 11.6 Å². The maximum Gasteiger partial charge on any atom is 0.269 e. The molecule has 2 N–H and O–H groups in total. The van der Waals surface area contributed by atoms with Crippen LogP contribution in [0.1, 0.15) is 68.6 Å². The standard InChI is InChI=1S/C22H28N2O4/c1-21(2,3)17-11-15(12-18(19(17)25)22(4,5)6)20(26)23-13-14-8-7-9-16(10-14)24(27)28/h7-12,25H,13H2,1-6H3,(H,23,26). The number of nitro benzene ring substituents is 1. The first-order chi connectivity index (χ1) is 12.8. The van der Waals surface area contributed by atoms with Crippen LogP contribution in [-0.2, 0) is 17.4 Å². The zero-order valence-electron chi connectivity index (χ0n) is 17.3. The molecule has 2 aromatic carbocycles. The molecular formula is C22H28N2O4. The quantitative estimate of drug-likeness (QED) is 0.583. The van der Waals surface area contributed by atoms with E-state index in [1.165, 1.54) is 12.1 Å². The highest BCUT2D eigenvalue weighted by molar-refractivity contribution is 5.95. The second kappa shape index (κ2) is 7.62. The number of carbonyl (C=O) groups excluding carboxylic acids is 1. The molecule has 0 radical (unpaired) electrons. The second-order valence-electron chi connectivity index (χ2n) is 9.03. The van der Waals surface area contributed by atoms with Gasteiger partial charge in [0.05, 0.1) is 4.92 Å². The lowest BCUT2D eigenvalue weighted by Crippen LogP contribution is -2.25. The van der Waals surface area contributed by atoms with Gasteiger partial charge in [-0.05, 0) is 28.5 Å². The molecule has 1 amide bonds. The Morgan fingerprint density at radius 2 is 1.57 bits per heavy atom. The van der Waals surface area contributed by atoms with Crippen LogP contribution in [0.4, 0.5) is 5.69 Å². The number of hydrogen-bond donors (Lipinski definition) is 2. The van der Waals surface area contributed by atoms with E-state index in [1.807, 2.05) is 41.5 Å². The summed E-state index contributed by atoms with van der Waals surface area (Å²) in [6, 6.07) is 9.61. The number of nitrogens with zero attached hydrogens (tertiary/aromatic N) is 1. The van der Waals surface area contributed by atoms with Crippen molar-refractivity contribution in [3.8, 4) is 5.75 Å². The monoisotopic (exact) mass is 384 g/mol. The van der Waals surface area contributed by atoms with Crippen LogP contribution in [0, 0.1) is 10.1 Å². The van der Waals surface area contributed by atoms with Gasteiger partial charge in [0.1, 0.15) is 5.75 Å². The van der Waals surface area contributed by atoms with Crippen molar-refractivity contribution in [1.82, 2.24) is 5.32 Å². The summed E-state index contributed by atoms with van der Waals surface area (Å²) >= 11 is 0. The molecule has 0 atom stereocenters. The summed E-state index contributed by atoms with van der Waals surface area (Å²) in [6.45, 7) is 12.1. The molecule has 0 saturated carbocycles. The zero-order chi connectivity index (χ0) is 21.3. The highest BCUT2D eigenvalue weighted by Gasteiger charge is 2.27. The summed E-state index contributed by atoms with van der Waals surface area (Å²) in [5, 5.41) is 24.5. The van der Waals surface area contributed by atoms with Crippen molar-refractivity contribution in [2.24, 2.45) is 0 Å². The normalized spacial score (nSPS) is 11.9. The molecule has 0 aromatic heterocycles. The third kappa shape index (κ3) is 4.88. The Kier molecular flexibility index (Phi) is 5.83. The maximum atomic E-state index is 12.8. The zero-order valence-corrected chi connectivity index (χ0v) is 17.3. The number of nitrogens with one attached hydrogen (secondary N) is 1. The molecule has 0 bridgehead atoms. The topological polar surface area (TPSA) is 92.5 Å². The van der Waals surface area contributed by atoms with Crippen molar-refractivity contribution in [1.29, 1.82) is 0 Å². The number of amides is 1. The molecule has 0 fully saturated rings. The molecule has 0 aliphatic rings. The average molecular weight is 384 g/mol. The lowest BCUT2D eigenvalue weighted by molar-refractivity contribution is -0.384. The fourth-order valence-electron chi connectivity index (χ4n) is 2.97. The lowest BCUT2D eigenvalue weighted by atomic mass is 9.78. The second-order valence-corrected chi connectivity index (χ2v) is 9.03. The molecule has 0 aliphatic carbocycles. The Hall–Kier alpha value is -2.89. The van der Waals surface area contributed by atoms with Crippen molar-refractivity contribution in [3.63, 3.8) is 0 Å². The summed E-state index contributed by atoms with van der Waals surface area (Å²) in [4.78, 5) is 23.2. The van der Waals surface area contributed by atoms with E-state index in [-0.39, 0.29) is 34.7 Å². The fraction of sp³-hybridized carbons (Fsp3) is 0.409. The molecule has 150 valence electrons. The molecule has 6 nitrogen and oxygen atoms in total. The minimum Gasteiger partial charge on any atom is -0.507 e. The molecule has 0 unspecified atom stereocenters. The summed E-state index contributed by atoms with van der Waals surface area (Å²) in [5.41, 5.74) is 1.84. The van der Waals surface area contributed by atoms with E-state index in [2.05, 4.69) is 5.32 Å². The van der Waals surface area contributed by atoms with Crippen LogP contribution >= 0.6 is 0 Å². The third-order valence-corrected chi connectivity index (χ3v) is 4.56. The Morgan fingerprint density at radius 3 is 2.04 bits per heavy atom. The summed E-state index contributed by atoms with van der Waals surface area (Å²) in [6.07, 6.45) is 0. The van der Waals surface area contributed by atoms with Crippen molar-refractivity contribution in [2.75, 3.05) is 0 Å². The molecule has 0 heterocycles. The molecule has 0 aliphatic heterocycles. The van der Waals surface area contributed by atoms with Crippen LogP contribution in [0.15, 0.2) is 36.4 Å². The van der Waals surface area contributed by atoms with Crippen molar-refractivity contribution in [2.45, 2.75) is 58.9 Å². The van der Waals surface area contributed by atoms with Crippen LogP contribution in [-0.4, -0.2) is 15.9 Å². The van der Waals surface area contributed by atoms with E-state index in [1.54, 1.807) is 24.3 Å². The summed E-state index contributed by atoms with van der Waals surface area (Å²) in [5.74, 6) is -0.0715. The van der Waals surface area contributed by atoms with Gasteiger partial charge in [-0.3, -0.25) is 14.9 Å². The molecule has 2 aromatic rings. The predicted octanol–water partition coefficient (Wildman–Crippen LogP) is 4.83. The number of benzene rings is 2. The molecule has 6 heteroatoms. The molecule has 28 heavy (non-hydrogen) atoms. The number of carbonyl (C=O) groups is 1. The van der Waals surface area contributed by atoms with Crippen LogP contribution in [0.3, 0.4) is 0 Å². The third-order valence-electron chi connectivity index (χ3n) is 4.56. The number of non-ortho nitro benzene ring substituents is 1. The molecular weight excluding hydrogens is 356 g/mol. The molecule has 0 spiro atoms. The number of nitro groups is 1. The van der Waals surface area contributed by atoms with Crippen LogP contribution in [0.2, 0.25) is 0 Å². The largest absolute Gasteiger partial charge is 0.507 e. The van der Waals surface area contributed by atoms with E-state index in [0.29, 0.717) is 22.3 Å². The van der Waals surface area contributed by atoms with Gasteiger partial charge in [0.15, 0.2) is 0 Å². The Balaban J connectivity index is 2.35. The van der Waals surface area contributed by atoms with Gasteiger partial charge in [-0.2, -0.15) is 0 Å². The van der Waals surface area contributed by atoms with E-state index in [4.69, 9.17) is 0 Å². The van der Waals surface area contributed by atoms with Gasteiger partial charge in [0.25, 0.3) is 11.6 Å². The van der Waals surface area contributed by atoms with Crippen LogP contribution in [0.5, 0.6) is 5.75 Å². The minimum absolute atomic E-state index is 0.0126. The van der Waals surface area contributed by atoms with Gasteiger partial charge >= 0.3 is 0 Å². The number of aromatic hydroxyl groups is 1. The first-order valence-corrected chi connectivity index (χ1v) is 9.20. The highest BCUT2D eigenvalue weighted by Crippen LogP contribution is 2.39. The van der Waals surface area contributed by atoms with E-state index >= 15 is 0 Å². The van der Waals surface area contributed by atoms with Gasteiger partial charge in [-0.25, -0.2) is 0 Å². The van der Waals surface area contributed by atoms with Crippen molar-refractivity contribution < 1.29 is 14.8 Å². The first kappa shape index (κ1) is 21.4. The van der Waals surface area contributed by atoms with Gasteiger partial charge < -0.3 is 10.4 Å². The summed E-state index contributed by atoms with van der Waals surface area (Å²) < 4.78 is 0. The van der Waals surface area contributed by atoms with E-state index in [0.717, 1.165) is 0 Å². The average Bonchev–Trinajstić information content (AvgIpc) is 2.58. The highest BCUT2D eigenvalue weighted by atomic mass is 16.6. The fourth-order valence-corrected chi connectivity index (χ4v) is 2.97. The van der Waals surface area contributed by atoms with Gasteiger partial charge in [0, 0.05) is 35.4 Å². The number of rotatable bonds is 4. The molecule has 2 rings (SSSR count). The lowest BCUT2D eigenvalue weighted by Gasteiger charge is -2.28. The SMILES string of the molecule is CC(C)(C)c1cc(C(=O)NCc2cccc([N+](=O)[O-])c2)cc(C(C)(C)C)c1O. The summed E-state index contributed by atoms with van der Waals surface area (Å²) in [7, 11) is 0. The van der Waals surface area contributed by atoms with E-state index in [9.17, 15) is 20.0 Å². The maximum absolute atomic E-state index is 12.8. The smallest absolute Gasteiger partial charge is 0.269 e. The Labute approximate surface area is 165 Å². The minimum atomic E-state index is -0.462. The molecule has 0 saturated heterocycles. The number of hydrogen-bond acceptors (Lipinski definition) is 4. The van der Waals surface area contributed by atoms with Crippen LogP contribution < -0.4 is 5.32 Å². The van der Waals surface area contributed by atoms with Gasteiger partial charge in [0.2, 0.25) is 0 Å². The number of phenols is 1. The van der Waals surface area contributed by atoms with Crippen molar-refractivity contribution in [3.05, 3.63) is 68.8 Å². The predicted molar refractivity (Wildman–Crippen MR) is 110 cm³/mol. The van der Waals surface area contributed by atoms with Gasteiger partial charge in [-0.15, -0.1) is 0 Å². The van der Waals surface area contributed by atoms with Crippen LogP contribution in [0.25, 0.3) is 0 Å². The van der Waals surface area contributed by atoms with E-state index < -0.39 is 4.92 Å². The number of phenolic OH excluding ortho intramolecular Hbond substituents is 1. The van der Waals surface area contributed by atoms with Gasteiger partial charge in [-0.1, -0.05) is 53.7 Å². The Morgan fingerprint density at radius 1 is 1.04 bits per heavy atom. The first-order valence-electron chi connectivity index (χ1n) is 9.20.